The summed E-state index contributed by atoms with van der Waals surface area (Å²) in [5, 5.41) is 3.92. The highest BCUT2D eigenvalue weighted by atomic mass is 35.5. The van der Waals surface area contributed by atoms with Crippen molar-refractivity contribution in [1.82, 2.24) is 15.1 Å². The Labute approximate surface area is 153 Å². The van der Waals surface area contributed by atoms with Crippen LogP contribution in [0.15, 0.2) is 24.3 Å². The predicted molar refractivity (Wildman–Crippen MR) is 96.8 cm³/mol. The lowest BCUT2D eigenvalue weighted by atomic mass is 10.0. The van der Waals surface area contributed by atoms with Crippen molar-refractivity contribution in [2.75, 3.05) is 32.7 Å². The fraction of sp³-hybridized carbons (Fsp3) is 0.529. The van der Waals surface area contributed by atoms with Gasteiger partial charge in [-0.25, -0.2) is 0 Å². The lowest BCUT2D eigenvalue weighted by Crippen LogP contribution is -2.55. The fourth-order valence-electron chi connectivity index (χ4n) is 3.19. The van der Waals surface area contributed by atoms with Crippen molar-refractivity contribution in [2.45, 2.75) is 25.3 Å². The number of halogens is 2. The Bertz CT molecular complexity index is 566. The largest absolute Gasteiger partial charge is 0.338 e. The number of hydrogen-bond donors (Lipinski definition) is 1. The molecule has 1 aromatic rings. The molecule has 7 heteroatoms. The normalized spacial score (nSPS) is 21.1. The van der Waals surface area contributed by atoms with Gasteiger partial charge in [-0.05, 0) is 43.7 Å². The minimum atomic E-state index is -0.0396. The molecule has 0 bridgehead atoms. The molecular formula is C17H23Cl2N3O2. The third-order valence-electron chi connectivity index (χ3n) is 4.58. The van der Waals surface area contributed by atoms with Crippen LogP contribution in [0.25, 0.3) is 0 Å². The molecule has 2 fully saturated rings. The molecule has 0 radical (unpaired) electrons. The molecule has 0 aromatic heterocycles. The van der Waals surface area contributed by atoms with Gasteiger partial charge in [0.2, 0.25) is 5.91 Å². The van der Waals surface area contributed by atoms with Gasteiger partial charge >= 0.3 is 0 Å². The molecule has 2 amide bonds. The van der Waals surface area contributed by atoms with Crippen molar-refractivity contribution in [3.8, 4) is 0 Å². The van der Waals surface area contributed by atoms with Crippen molar-refractivity contribution in [3.63, 3.8) is 0 Å². The van der Waals surface area contributed by atoms with Gasteiger partial charge in [0.1, 0.15) is 0 Å². The monoisotopic (exact) mass is 371 g/mol. The highest BCUT2D eigenvalue weighted by Gasteiger charge is 2.29. The number of amides is 2. The van der Waals surface area contributed by atoms with E-state index in [0.717, 1.165) is 25.8 Å². The lowest BCUT2D eigenvalue weighted by molar-refractivity contribution is -0.135. The standard InChI is InChI=1S/C17H22ClN3O2.ClH/c18-14-6-4-13(5-7-14)16(22)20-9-11-21(12-10-20)17(23)15-3-1-2-8-19-15;/h4-7,15,19H,1-3,8-12H2;1H. The molecule has 1 unspecified atom stereocenters. The molecule has 24 heavy (non-hydrogen) atoms. The van der Waals surface area contributed by atoms with Crippen molar-refractivity contribution >= 4 is 35.8 Å². The molecule has 2 aliphatic rings. The molecular weight excluding hydrogens is 349 g/mol. The van der Waals surface area contributed by atoms with E-state index in [2.05, 4.69) is 5.32 Å². The summed E-state index contributed by atoms with van der Waals surface area (Å²) < 4.78 is 0. The lowest BCUT2D eigenvalue weighted by Gasteiger charge is -2.37. The molecule has 1 aromatic carbocycles. The van der Waals surface area contributed by atoms with Crippen LogP contribution in [0, 0.1) is 0 Å². The zero-order valence-corrected chi connectivity index (χ0v) is 15.1. The van der Waals surface area contributed by atoms with E-state index >= 15 is 0 Å². The van der Waals surface area contributed by atoms with E-state index in [0.29, 0.717) is 36.8 Å². The van der Waals surface area contributed by atoms with E-state index in [1.165, 1.54) is 0 Å². The Morgan fingerprint density at radius 3 is 2.21 bits per heavy atom. The first-order valence-electron chi connectivity index (χ1n) is 8.22. The average molecular weight is 372 g/mol. The zero-order chi connectivity index (χ0) is 16.2. The summed E-state index contributed by atoms with van der Waals surface area (Å²) in [6.45, 7) is 3.30. The maximum absolute atomic E-state index is 12.5. The molecule has 0 aliphatic carbocycles. The molecule has 2 heterocycles. The quantitative estimate of drug-likeness (QED) is 0.866. The first-order valence-corrected chi connectivity index (χ1v) is 8.60. The van der Waals surface area contributed by atoms with Crippen LogP contribution in [0.4, 0.5) is 0 Å². The van der Waals surface area contributed by atoms with Crippen LogP contribution in [0.1, 0.15) is 29.6 Å². The van der Waals surface area contributed by atoms with Gasteiger partial charge in [0, 0.05) is 36.8 Å². The molecule has 2 aliphatic heterocycles. The molecule has 3 rings (SSSR count). The Kier molecular flexibility index (Phi) is 6.90. The van der Waals surface area contributed by atoms with Gasteiger partial charge in [0.15, 0.2) is 0 Å². The Morgan fingerprint density at radius 2 is 1.62 bits per heavy atom. The number of piperidine rings is 1. The molecule has 0 saturated carbocycles. The van der Waals surface area contributed by atoms with Crippen LogP contribution in [-0.2, 0) is 4.79 Å². The van der Waals surface area contributed by atoms with Gasteiger partial charge in [0.25, 0.3) is 5.91 Å². The molecule has 2 saturated heterocycles. The van der Waals surface area contributed by atoms with Crippen molar-refractivity contribution in [3.05, 3.63) is 34.9 Å². The number of nitrogens with one attached hydrogen (secondary N) is 1. The van der Waals surface area contributed by atoms with Crippen LogP contribution in [-0.4, -0.2) is 60.4 Å². The summed E-state index contributed by atoms with van der Waals surface area (Å²) in [7, 11) is 0. The number of benzene rings is 1. The van der Waals surface area contributed by atoms with Crippen molar-refractivity contribution < 1.29 is 9.59 Å². The van der Waals surface area contributed by atoms with Crippen LogP contribution in [0.2, 0.25) is 5.02 Å². The number of carbonyl (C=O) groups is 2. The highest BCUT2D eigenvalue weighted by molar-refractivity contribution is 6.30. The predicted octanol–water partition coefficient (Wildman–Crippen LogP) is 2.19. The van der Waals surface area contributed by atoms with Crippen LogP contribution < -0.4 is 5.32 Å². The summed E-state index contributed by atoms with van der Waals surface area (Å²) in [5.41, 5.74) is 0.642. The summed E-state index contributed by atoms with van der Waals surface area (Å²) in [4.78, 5) is 28.6. The third-order valence-corrected chi connectivity index (χ3v) is 4.83. The van der Waals surface area contributed by atoms with E-state index in [-0.39, 0.29) is 30.3 Å². The van der Waals surface area contributed by atoms with Gasteiger partial charge in [-0.3, -0.25) is 9.59 Å². The number of nitrogens with zero attached hydrogens (tertiary/aromatic N) is 2. The van der Waals surface area contributed by atoms with E-state index in [1.54, 1.807) is 29.2 Å². The molecule has 132 valence electrons. The maximum atomic E-state index is 12.5. The van der Waals surface area contributed by atoms with Crippen LogP contribution >= 0.6 is 24.0 Å². The van der Waals surface area contributed by atoms with Crippen LogP contribution in [0.3, 0.4) is 0 Å². The highest BCUT2D eigenvalue weighted by Crippen LogP contribution is 2.15. The molecule has 1 N–H and O–H groups in total. The van der Waals surface area contributed by atoms with E-state index in [1.807, 2.05) is 4.90 Å². The smallest absolute Gasteiger partial charge is 0.253 e. The van der Waals surface area contributed by atoms with Gasteiger partial charge in [-0.2, -0.15) is 0 Å². The first-order chi connectivity index (χ1) is 11.1. The Morgan fingerprint density at radius 1 is 1.00 bits per heavy atom. The minimum absolute atomic E-state index is 0. The molecule has 5 nitrogen and oxygen atoms in total. The van der Waals surface area contributed by atoms with Crippen molar-refractivity contribution in [2.24, 2.45) is 0 Å². The van der Waals surface area contributed by atoms with Crippen molar-refractivity contribution in [1.29, 1.82) is 0 Å². The van der Waals surface area contributed by atoms with E-state index < -0.39 is 0 Å². The van der Waals surface area contributed by atoms with Crippen LogP contribution in [0.5, 0.6) is 0 Å². The minimum Gasteiger partial charge on any atom is -0.338 e. The Balaban J connectivity index is 0.00000208. The second-order valence-electron chi connectivity index (χ2n) is 6.13. The number of hydrogen-bond acceptors (Lipinski definition) is 3. The van der Waals surface area contributed by atoms with Gasteiger partial charge in [0.05, 0.1) is 6.04 Å². The summed E-state index contributed by atoms with van der Waals surface area (Å²) >= 11 is 5.85. The summed E-state index contributed by atoms with van der Waals surface area (Å²) in [6.07, 6.45) is 3.17. The second-order valence-corrected chi connectivity index (χ2v) is 6.56. The number of piperazine rings is 1. The zero-order valence-electron chi connectivity index (χ0n) is 13.5. The molecule has 1 atom stereocenters. The summed E-state index contributed by atoms with van der Waals surface area (Å²) in [6, 6.07) is 6.90. The van der Waals surface area contributed by atoms with E-state index in [4.69, 9.17) is 11.6 Å². The number of rotatable bonds is 2. The Hall–Kier alpha value is -1.30. The molecule has 0 spiro atoms. The topological polar surface area (TPSA) is 52.7 Å². The second kappa shape index (κ2) is 8.70. The number of carbonyl (C=O) groups excluding carboxylic acids is 2. The van der Waals surface area contributed by atoms with E-state index in [9.17, 15) is 9.59 Å². The maximum Gasteiger partial charge on any atom is 0.253 e. The summed E-state index contributed by atoms with van der Waals surface area (Å²) in [5.74, 6) is 0.188. The average Bonchev–Trinajstić information content (AvgIpc) is 2.62. The van der Waals surface area contributed by atoms with Gasteiger partial charge < -0.3 is 15.1 Å². The fourth-order valence-corrected chi connectivity index (χ4v) is 3.31. The van der Waals surface area contributed by atoms with Gasteiger partial charge in [-0.15, -0.1) is 12.4 Å². The van der Waals surface area contributed by atoms with Gasteiger partial charge in [-0.1, -0.05) is 18.0 Å². The first kappa shape index (κ1) is 19.0. The SMILES string of the molecule is Cl.O=C(c1ccc(Cl)cc1)N1CCN(C(=O)C2CCCCN2)CC1. The third kappa shape index (κ3) is 4.41.